The molecule has 0 aliphatic rings. The molecule has 3 aromatic carbocycles. The molecule has 0 aromatic heterocycles. The van der Waals surface area contributed by atoms with Gasteiger partial charge in [0.1, 0.15) is 0 Å². The van der Waals surface area contributed by atoms with Crippen molar-refractivity contribution in [3.05, 3.63) is 82.9 Å². The highest BCUT2D eigenvalue weighted by Crippen LogP contribution is 2.38. The summed E-state index contributed by atoms with van der Waals surface area (Å²) in [5.41, 5.74) is 5.36. The Bertz CT molecular complexity index is 759. The molecule has 3 aromatic rings. The predicted octanol–water partition coefficient (Wildman–Crippen LogP) is 5.94. The predicted molar refractivity (Wildman–Crippen MR) is 90.6 cm³/mol. The standard InChI is InChI=1S/C19H17Br/c1-13-7-3-5-9-16(13)19(20)18-14(2)11-12-15-8-4-6-10-17(15)18/h3-12,19H,1-2H3. The molecule has 0 bridgehead atoms. The van der Waals surface area contributed by atoms with Gasteiger partial charge in [-0.3, -0.25) is 0 Å². The first-order valence-corrected chi connectivity index (χ1v) is 7.78. The minimum atomic E-state index is 0.231. The maximum Gasteiger partial charge on any atom is 0.0655 e. The van der Waals surface area contributed by atoms with Crippen LogP contribution in [-0.2, 0) is 0 Å². The lowest BCUT2D eigenvalue weighted by Gasteiger charge is -2.18. The summed E-state index contributed by atoms with van der Waals surface area (Å²) in [5, 5.41) is 2.63. The Morgan fingerprint density at radius 3 is 2.25 bits per heavy atom. The lowest BCUT2D eigenvalue weighted by atomic mass is 9.92. The van der Waals surface area contributed by atoms with Crippen molar-refractivity contribution in [3.63, 3.8) is 0 Å². The fourth-order valence-electron chi connectivity index (χ4n) is 2.77. The van der Waals surface area contributed by atoms with Crippen molar-refractivity contribution in [3.8, 4) is 0 Å². The molecule has 1 atom stereocenters. The smallest absolute Gasteiger partial charge is 0.0655 e. The fourth-order valence-corrected chi connectivity index (χ4v) is 3.89. The number of rotatable bonds is 2. The van der Waals surface area contributed by atoms with E-state index < -0.39 is 0 Å². The van der Waals surface area contributed by atoms with Crippen LogP contribution in [0.5, 0.6) is 0 Å². The summed E-state index contributed by atoms with van der Waals surface area (Å²) in [6.45, 7) is 4.36. The molecule has 0 fully saturated rings. The fraction of sp³-hybridized carbons (Fsp3) is 0.158. The molecule has 0 aliphatic carbocycles. The Kier molecular flexibility index (Phi) is 3.62. The van der Waals surface area contributed by atoms with Gasteiger partial charge in [-0.1, -0.05) is 76.6 Å². The average molecular weight is 325 g/mol. The van der Waals surface area contributed by atoms with Crippen LogP contribution in [0.2, 0.25) is 0 Å². The quantitative estimate of drug-likeness (QED) is 0.511. The minimum absolute atomic E-state index is 0.231. The van der Waals surface area contributed by atoms with Crippen molar-refractivity contribution >= 4 is 26.7 Å². The van der Waals surface area contributed by atoms with Crippen LogP contribution in [0.15, 0.2) is 60.7 Å². The van der Waals surface area contributed by atoms with Crippen LogP contribution >= 0.6 is 15.9 Å². The number of benzene rings is 3. The van der Waals surface area contributed by atoms with Gasteiger partial charge in [0.25, 0.3) is 0 Å². The number of fused-ring (bicyclic) bond motifs is 1. The van der Waals surface area contributed by atoms with E-state index in [1.54, 1.807) is 0 Å². The summed E-state index contributed by atoms with van der Waals surface area (Å²) < 4.78 is 0. The van der Waals surface area contributed by atoms with Gasteiger partial charge < -0.3 is 0 Å². The summed E-state index contributed by atoms with van der Waals surface area (Å²) in [7, 11) is 0. The maximum absolute atomic E-state index is 3.92. The Hall–Kier alpha value is -1.60. The molecule has 3 rings (SSSR count). The van der Waals surface area contributed by atoms with Gasteiger partial charge in [-0.25, -0.2) is 0 Å². The van der Waals surface area contributed by atoms with E-state index in [0.29, 0.717) is 0 Å². The third-order valence-electron chi connectivity index (χ3n) is 3.90. The molecule has 100 valence electrons. The van der Waals surface area contributed by atoms with E-state index in [9.17, 15) is 0 Å². The summed E-state index contributed by atoms with van der Waals surface area (Å²) >= 11 is 3.92. The molecule has 0 amide bonds. The Morgan fingerprint density at radius 2 is 1.45 bits per heavy atom. The molecular formula is C19H17Br. The highest BCUT2D eigenvalue weighted by Gasteiger charge is 2.17. The van der Waals surface area contributed by atoms with Gasteiger partial charge in [0.15, 0.2) is 0 Å². The minimum Gasteiger partial charge on any atom is -0.0786 e. The van der Waals surface area contributed by atoms with E-state index in [1.165, 1.54) is 33.0 Å². The largest absolute Gasteiger partial charge is 0.0786 e. The molecule has 0 saturated heterocycles. The molecule has 0 heterocycles. The highest BCUT2D eigenvalue weighted by molar-refractivity contribution is 9.09. The van der Waals surface area contributed by atoms with E-state index in [2.05, 4.69) is 90.4 Å². The third-order valence-corrected chi connectivity index (χ3v) is 4.85. The lowest BCUT2D eigenvalue weighted by molar-refractivity contribution is 1.13. The van der Waals surface area contributed by atoms with Crippen molar-refractivity contribution in [2.75, 3.05) is 0 Å². The maximum atomic E-state index is 3.92. The monoisotopic (exact) mass is 324 g/mol. The number of hydrogen-bond donors (Lipinski definition) is 0. The molecule has 0 nitrogen and oxygen atoms in total. The Labute approximate surface area is 128 Å². The van der Waals surface area contributed by atoms with E-state index in [1.807, 2.05) is 0 Å². The summed E-state index contributed by atoms with van der Waals surface area (Å²) in [6.07, 6.45) is 0. The normalized spacial score (nSPS) is 12.6. The van der Waals surface area contributed by atoms with Gasteiger partial charge in [0.05, 0.1) is 4.83 Å². The van der Waals surface area contributed by atoms with Gasteiger partial charge in [0.2, 0.25) is 0 Å². The van der Waals surface area contributed by atoms with Gasteiger partial charge in [-0.2, -0.15) is 0 Å². The molecule has 1 unspecified atom stereocenters. The average Bonchev–Trinajstić information content (AvgIpc) is 2.47. The number of alkyl halides is 1. The second-order valence-electron chi connectivity index (χ2n) is 5.24. The molecule has 0 spiro atoms. The molecule has 1 heteroatoms. The van der Waals surface area contributed by atoms with E-state index in [-0.39, 0.29) is 4.83 Å². The van der Waals surface area contributed by atoms with Crippen LogP contribution in [0.3, 0.4) is 0 Å². The zero-order valence-corrected chi connectivity index (χ0v) is 13.3. The van der Waals surface area contributed by atoms with Crippen LogP contribution in [0.4, 0.5) is 0 Å². The molecular weight excluding hydrogens is 308 g/mol. The van der Waals surface area contributed by atoms with Crippen molar-refractivity contribution < 1.29 is 0 Å². The second-order valence-corrected chi connectivity index (χ2v) is 6.15. The van der Waals surface area contributed by atoms with Crippen molar-refractivity contribution in [1.82, 2.24) is 0 Å². The summed E-state index contributed by atoms with van der Waals surface area (Å²) in [6, 6.07) is 21.6. The first-order valence-electron chi connectivity index (χ1n) is 6.86. The Balaban J connectivity index is 2.24. The number of hydrogen-bond acceptors (Lipinski definition) is 0. The SMILES string of the molecule is Cc1ccccc1C(Br)c1c(C)ccc2ccccc12. The first kappa shape index (κ1) is 13.4. The molecule has 0 N–H and O–H groups in total. The van der Waals surface area contributed by atoms with Crippen molar-refractivity contribution in [2.45, 2.75) is 18.7 Å². The Morgan fingerprint density at radius 1 is 0.750 bits per heavy atom. The summed E-state index contributed by atoms with van der Waals surface area (Å²) in [4.78, 5) is 0.231. The van der Waals surface area contributed by atoms with Gasteiger partial charge in [-0.05, 0) is 46.9 Å². The zero-order valence-electron chi connectivity index (χ0n) is 11.7. The van der Waals surface area contributed by atoms with E-state index in [4.69, 9.17) is 0 Å². The second kappa shape index (κ2) is 5.41. The third kappa shape index (κ3) is 2.27. The summed E-state index contributed by atoms with van der Waals surface area (Å²) in [5.74, 6) is 0. The zero-order chi connectivity index (χ0) is 14.1. The highest BCUT2D eigenvalue weighted by atomic mass is 79.9. The van der Waals surface area contributed by atoms with Crippen LogP contribution in [-0.4, -0.2) is 0 Å². The number of halogens is 1. The van der Waals surface area contributed by atoms with Crippen LogP contribution in [0.25, 0.3) is 10.8 Å². The van der Waals surface area contributed by atoms with Crippen LogP contribution in [0, 0.1) is 13.8 Å². The number of aryl methyl sites for hydroxylation is 2. The van der Waals surface area contributed by atoms with Gasteiger partial charge >= 0.3 is 0 Å². The molecule has 0 radical (unpaired) electrons. The molecule has 20 heavy (non-hydrogen) atoms. The topological polar surface area (TPSA) is 0 Å². The van der Waals surface area contributed by atoms with Crippen molar-refractivity contribution in [1.29, 1.82) is 0 Å². The van der Waals surface area contributed by atoms with Gasteiger partial charge in [0, 0.05) is 0 Å². The van der Waals surface area contributed by atoms with Crippen LogP contribution < -0.4 is 0 Å². The lowest BCUT2D eigenvalue weighted by Crippen LogP contribution is -1.99. The van der Waals surface area contributed by atoms with E-state index >= 15 is 0 Å². The van der Waals surface area contributed by atoms with Crippen LogP contribution in [0.1, 0.15) is 27.1 Å². The molecule has 0 aliphatic heterocycles. The van der Waals surface area contributed by atoms with E-state index in [0.717, 1.165) is 0 Å². The van der Waals surface area contributed by atoms with Crippen molar-refractivity contribution in [2.24, 2.45) is 0 Å². The first-order chi connectivity index (χ1) is 9.68. The van der Waals surface area contributed by atoms with Gasteiger partial charge in [-0.15, -0.1) is 0 Å². The molecule has 0 saturated carbocycles.